The first-order valence-electron chi connectivity index (χ1n) is 7.06. The van der Waals surface area contributed by atoms with E-state index in [0.717, 1.165) is 6.92 Å². The van der Waals surface area contributed by atoms with Crippen LogP contribution in [0.4, 0.5) is 0 Å². The van der Waals surface area contributed by atoms with Crippen LogP contribution in [0.5, 0.6) is 11.5 Å². The van der Waals surface area contributed by atoms with Crippen molar-refractivity contribution in [3.63, 3.8) is 0 Å². The molecule has 1 amide bonds. The lowest BCUT2D eigenvalue weighted by Crippen LogP contribution is -2.48. The first kappa shape index (κ1) is 19.7. The smallest absolute Gasteiger partial charge is 0.336 e. The molecule has 0 heterocycles. The van der Waals surface area contributed by atoms with E-state index in [-0.39, 0.29) is 11.4 Å². The van der Waals surface area contributed by atoms with E-state index in [1.54, 1.807) is 18.2 Å². The van der Waals surface area contributed by atoms with Gasteiger partial charge in [-0.05, 0) is 29.6 Å². The Bertz CT molecular complexity index is 699. The van der Waals surface area contributed by atoms with Gasteiger partial charge in [0.1, 0.15) is 6.07 Å². The SMILES string of the molecule is COc1ccc(CC(=O)N([C@@H](C)C(=O)OCC#N)[N+](=O)[O-])cc1OC. The van der Waals surface area contributed by atoms with Gasteiger partial charge >= 0.3 is 5.97 Å². The van der Waals surface area contributed by atoms with Crippen molar-refractivity contribution in [1.29, 1.82) is 5.26 Å². The van der Waals surface area contributed by atoms with Crippen molar-refractivity contribution in [2.24, 2.45) is 0 Å². The molecule has 0 unspecified atom stereocenters. The number of nitriles is 1. The number of carbonyl (C=O) groups excluding carboxylic acids is 2. The number of hydrogen-bond donors (Lipinski definition) is 0. The van der Waals surface area contributed by atoms with Crippen LogP contribution in [-0.2, 0) is 20.7 Å². The molecule has 1 aromatic rings. The molecule has 10 nitrogen and oxygen atoms in total. The molecular formula is C15H17N3O7. The Morgan fingerprint density at radius 3 is 2.48 bits per heavy atom. The molecule has 134 valence electrons. The molecule has 1 atom stereocenters. The highest BCUT2D eigenvalue weighted by molar-refractivity contribution is 5.84. The standard InChI is InChI=1S/C15H17N3O7/c1-10(15(20)25-7-6-16)17(18(21)22)14(19)9-11-4-5-12(23-2)13(8-11)24-3/h4-5,8,10H,7,9H2,1-3H3/t10-/m0/s1. The summed E-state index contributed by atoms with van der Waals surface area (Å²) in [6.07, 6.45) is -0.336. The Morgan fingerprint density at radius 2 is 1.96 bits per heavy atom. The molecule has 0 aromatic heterocycles. The predicted octanol–water partition coefficient (Wildman–Crippen LogP) is 0.722. The fourth-order valence-electron chi connectivity index (χ4n) is 2.02. The van der Waals surface area contributed by atoms with Crippen LogP contribution < -0.4 is 9.47 Å². The van der Waals surface area contributed by atoms with E-state index >= 15 is 0 Å². The molecule has 0 bridgehead atoms. The minimum absolute atomic E-state index is 0.177. The van der Waals surface area contributed by atoms with Gasteiger partial charge in [-0.2, -0.15) is 5.26 Å². The Morgan fingerprint density at radius 1 is 1.32 bits per heavy atom. The molecule has 10 heteroatoms. The topological polar surface area (TPSA) is 132 Å². The zero-order valence-corrected chi connectivity index (χ0v) is 13.9. The Kier molecular flexibility index (Phi) is 7.15. The quantitative estimate of drug-likeness (QED) is 0.380. The minimum atomic E-state index is -1.48. The number of carbonyl (C=O) groups is 2. The summed E-state index contributed by atoms with van der Waals surface area (Å²) in [5, 5.41) is 18.7. The monoisotopic (exact) mass is 351 g/mol. The number of nitrogens with zero attached hydrogens (tertiary/aromatic N) is 3. The van der Waals surface area contributed by atoms with Gasteiger partial charge in [-0.15, -0.1) is 0 Å². The Balaban J connectivity index is 2.96. The lowest BCUT2D eigenvalue weighted by molar-refractivity contribution is -0.639. The summed E-state index contributed by atoms with van der Waals surface area (Å²) in [7, 11) is 2.87. The van der Waals surface area contributed by atoms with Gasteiger partial charge < -0.3 is 14.2 Å². The number of ether oxygens (including phenoxy) is 3. The highest BCUT2D eigenvalue weighted by Gasteiger charge is 2.36. The Hall–Kier alpha value is -3.35. The number of hydrogen-bond acceptors (Lipinski definition) is 8. The van der Waals surface area contributed by atoms with Crippen molar-refractivity contribution in [2.75, 3.05) is 20.8 Å². The second-order valence-corrected chi connectivity index (χ2v) is 4.78. The minimum Gasteiger partial charge on any atom is -0.493 e. The van der Waals surface area contributed by atoms with Gasteiger partial charge in [-0.25, -0.2) is 14.9 Å². The third-order valence-corrected chi connectivity index (χ3v) is 3.22. The van der Waals surface area contributed by atoms with Crippen molar-refractivity contribution in [1.82, 2.24) is 5.01 Å². The van der Waals surface area contributed by atoms with Crippen LogP contribution in [0.1, 0.15) is 12.5 Å². The maximum Gasteiger partial charge on any atom is 0.336 e. The van der Waals surface area contributed by atoms with Crippen LogP contribution in [0.15, 0.2) is 18.2 Å². The number of hydrazine groups is 1. The van der Waals surface area contributed by atoms with E-state index in [1.165, 1.54) is 20.3 Å². The molecule has 0 saturated heterocycles. The number of esters is 1. The molecule has 0 aliphatic carbocycles. The maximum atomic E-state index is 12.3. The van der Waals surface area contributed by atoms with E-state index in [4.69, 9.17) is 14.7 Å². The van der Waals surface area contributed by atoms with Gasteiger partial charge in [0.15, 0.2) is 29.2 Å². The van der Waals surface area contributed by atoms with Gasteiger partial charge in [0.25, 0.3) is 5.91 Å². The molecular weight excluding hydrogens is 334 g/mol. The Labute approximate surface area is 143 Å². The summed E-state index contributed by atoms with van der Waals surface area (Å²) in [6.45, 7) is 0.591. The molecule has 0 fully saturated rings. The molecule has 25 heavy (non-hydrogen) atoms. The highest BCUT2D eigenvalue weighted by atomic mass is 16.7. The average Bonchev–Trinajstić information content (AvgIpc) is 2.58. The van der Waals surface area contributed by atoms with Gasteiger partial charge in [-0.1, -0.05) is 6.07 Å². The van der Waals surface area contributed by atoms with E-state index in [9.17, 15) is 19.7 Å². The third-order valence-electron chi connectivity index (χ3n) is 3.22. The lowest BCUT2D eigenvalue weighted by atomic mass is 10.1. The first-order chi connectivity index (χ1) is 11.8. The van der Waals surface area contributed by atoms with E-state index in [1.807, 2.05) is 0 Å². The first-order valence-corrected chi connectivity index (χ1v) is 7.06. The van der Waals surface area contributed by atoms with Crippen molar-refractivity contribution < 1.29 is 28.8 Å². The summed E-state index contributed by atoms with van der Waals surface area (Å²) < 4.78 is 14.7. The van der Waals surface area contributed by atoms with E-state index in [2.05, 4.69) is 4.74 Å². The summed E-state index contributed by atoms with van der Waals surface area (Å²) in [5.41, 5.74) is 0.437. The number of methoxy groups -OCH3 is 2. The normalized spacial score (nSPS) is 11.0. The molecule has 1 aromatic carbocycles. The van der Waals surface area contributed by atoms with Crippen LogP contribution in [0.3, 0.4) is 0 Å². The second kappa shape index (κ2) is 9.07. The van der Waals surface area contributed by atoms with Gasteiger partial charge in [0, 0.05) is 0 Å². The third kappa shape index (κ3) is 5.07. The number of rotatable bonds is 8. The van der Waals surface area contributed by atoms with E-state index in [0.29, 0.717) is 17.1 Å². The van der Waals surface area contributed by atoms with Crippen molar-refractivity contribution in [2.45, 2.75) is 19.4 Å². The fraction of sp³-hybridized carbons (Fsp3) is 0.400. The molecule has 0 spiro atoms. The number of amides is 1. The lowest BCUT2D eigenvalue weighted by Gasteiger charge is -2.18. The highest BCUT2D eigenvalue weighted by Crippen LogP contribution is 2.27. The summed E-state index contributed by atoms with van der Waals surface area (Å²) >= 11 is 0. The average molecular weight is 351 g/mol. The van der Waals surface area contributed by atoms with Crippen molar-refractivity contribution >= 4 is 11.9 Å². The number of nitro groups is 1. The van der Waals surface area contributed by atoms with Crippen molar-refractivity contribution in [3.05, 3.63) is 33.9 Å². The molecule has 0 aliphatic rings. The zero-order chi connectivity index (χ0) is 19.0. The van der Waals surface area contributed by atoms with Crippen LogP contribution in [0.25, 0.3) is 0 Å². The molecule has 0 radical (unpaired) electrons. The maximum absolute atomic E-state index is 12.3. The second-order valence-electron chi connectivity index (χ2n) is 4.78. The van der Waals surface area contributed by atoms with Gasteiger partial charge in [0.05, 0.1) is 20.6 Å². The van der Waals surface area contributed by atoms with Crippen molar-refractivity contribution in [3.8, 4) is 17.6 Å². The van der Waals surface area contributed by atoms with Crippen LogP contribution in [0, 0.1) is 21.4 Å². The van der Waals surface area contributed by atoms with Gasteiger partial charge in [-0.3, -0.25) is 4.79 Å². The molecule has 0 saturated carbocycles. The fourth-order valence-corrected chi connectivity index (χ4v) is 2.02. The van der Waals surface area contributed by atoms with Gasteiger partial charge in [0.2, 0.25) is 0 Å². The number of benzene rings is 1. The van der Waals surface area contributed by atoms with Crippen LogP contribution in [-0.4, -0.2) is 48.8 Å². The predicted molar refractivity (Wildman–Crippen MR) is 83.1 cm³/mol. The summed E-state index contributed by atoms with van der Waals surface area (Å²) in [5.74, 6) is -1.15. The van der Waals surface area contributed by atoms with Crippen LogP contribution >= 0.6 is 0 Å². The van der Waals surface area contributed by atoms with Crippen LogP contribution in [0.2, 0.25) is 0 Å². The zero-order valence-electron chi connectivity index (χ0n) is 13.9. The molecule has 1 rings (SSSR count). The summed E-state index contributed by atoms with van der Waals surface area (Å²) in [6, 6.07) is 4.71. The molecule has 0 aliphatic heterocycles. The van der Waals surface area contributed by atoms with E-state index < -0.39 is 29.6 Å². The molecule has 0 N–H and O–H groups in total. The largest absolute Gasteiger partial charge is 0.493 e. The summed E-state index contributed by atoms with van der Waals surface area (Å²) in [4.78, 5) is 35.1.